The first-order valence-electron chi connectivity index (χ1n) is 10.1. The van der Waals surface area contributed by atoms with Gasteiger partial charge in [0.1, 0.15) is 5.75 Å². The maximum atomic E-state index is 11.8. The summed E-state index contributed by atoms with van der Waals surface area (Å²) in [5.74, 6) is 1.45. The third kappa shape index (κ3) is 6.99. The predicted octanol–water partition coefficient (Wildman–Crippen LogP) is 3.27. The molecule has 2 aromatic rings. The maximum Gasteiger partial charge on any atom is 0.258 e. The Morgan fingerprint density at radius 3 is 2.63 bits per heavy atom. The van der Waals surface area contributed by atoms with Gasteiger partial charge < -0.3 is 20.3 Å². The van der Waals surface area contributed by atoms with E-state index in [9.17, 15) is 4.79 Å². The molecule has 0 saturated heterocycles. The number of guanidine groups is 1. The molecule has 1 fully saturated rings. The van der Waals surface area contributed by atoms with Crippen LogP contribution in [0, 0.1) is 0 Å². The molecule has 0 aliphatic heterocycles. The lowest BCUT2D eigenvalue weighted by molar-refractivity contribution is -0.123. The summed E-state index contributed by atoms with van der Waals surface area (Å²) in [5, 5.41) is 6.32. The minimum absolute atomic E-state index is 0.0487. The molecule has 160 valence electrons. The van der Waals surface area contributed by atoms with Crippen molar-refractivity contribution in [1.82, 2.24) is 15.5 Å². The number of carbonyl (C=O) groups excluding carboxylic acids is 1. The quantitative estimate of drug-likeness (QED) is 0.366. The molecule has 0 bridgehead atoms. The highest BCUT2D eigenvalue weighted by molar-refractivity contribution is 7.98. The van der Waals surface area contributed by atoms with Gasteiger partial charge in [0.2, 0.25) is 0 Å². The number of nitrogens with zero attached hydrogens (tertiary/aromatic N) is 2. The van der Waals surface area contributed by atoms with Crippen molar-refractivity contribution in [2.24, 2.45) is 4.99 Å². The molecule has 0 atom stereocenters. The number of nitrogens with one attached hydrogen (secondary N) is 2. The van der Waals surface area contributed by atoms with Crippen LogP contribution in [-0.2, 0) is 17.9 Å². The number of carbonyl (C=O) groups is 1. The molecule has 0 spiro atoms. The van der Waals surface area contributed by atoms with Crippen LogP contribution in [-0.4, -0.2) is 49.8 Å². The molecule has 0 aromatic heterocycles. The van der Waals surface area contributed by atoms with Gasteiger partial charge in [0.15, 0.2) is 12.6 Å². The fourth-order valence-corrected chi connectivity index (χ4v) is 3.44. The van der Waals surface area contributed by atoms with E-state index in [1.165, 1.54) is 10.5 Å². The molecule has 3 rings (SSSR count). The van der Waals surface area contributed by atoms with Crippen LogP contribution in [0.2, 0.25) is 0 Å². The van der Waals surface area contributed by atoms with Gasteiger partial charge in [-0.05, 0) is 54.5 Å². The van der Waals surface area contributed by atoms with Crippen LogP contribution in [0.4, 0.5) is 0 Å². The first-order valence-corrected chi connectivity index (χ1v) is 11.4. The molecule has 1 amide bonds. The van der Waals surface area contributed by atoms with Crippen molar-refractivity contribution in [2.75, 3.05) is 27.0 Å². The Morgan fingerprint density at radius 2 is 1.97 bits per heavy atom. The molecular formula is C23H30N4O2S. The van der Waals surface area contributed by atoms with E-state index in [0.29, 0.717) is 18.3 Å². The molecule has 7 heteroatoms. The third-order valence-corrected chi connectivity index (χ3v) is 5.56. The Kier molecular flexibility index (Phi) is 8.02. The van der Waals surface area contributed by atoms with Crippen LogP contribution in [0.1, 0.15) is 24.0 Å². The lowest BCUT2D eigenvalue weighted by Gasteiger charge is -2.22. The van der Waals surface area contributed by atoms with Gasteiger partial charge in [-0.25, -0.2) is 0 Å². The summed E-state index contributed by atoms with van der Waals surface area (Å²) in [4.78, 5) is 19.5. The molecule has 0 heterocycles. The Hall–Kier alpha value is -2.67. The molecule has 1 aliphatic rings. The lowest BCUT2D eigenvalue weighted by Crippen LogP contribution is -2.38. The monoisotopic (exact) mass is 426 g/mol. The average Bonchev–Trinajstić information content (AvgIpc) is 3.57. The second kappa shape index (κ2) is 10.9. The first kappa shape index (κ1) is 22.0. The number of benzene rings is 2. The second-order valence-electron chi connectivity index (χ2n) is 7.38. The fourth-order valence-electron chi connectivity index (χ4n) is 3.04. The summed E-state index contributed by atoms with van der Waals surface area (Å²) in [6, 6.07) is 16.7. The van der Waals surface area contributed by atoms with E-state index in [2.05, 4.69) is 51.0 Å². The van der Waals surface area contributed by atoms with Gasteiger partial charge in [0.25, 0.3) is 5.91 Å². The molecule has 1 aliphatic carbocycles. The van der Waals surface area contributed by atoms with Crippen molar-refractivity contribution in [2.45, 2.75) is 36.9 Å². The van der Waals surface area contributed by atoms with Gasteiger partial charge in [0.05, 0.1) is 0 Å². The largest absolute Gasteiger partial charge is 0.484 e. The number of hydrogen-bond acceptors (Lipinski definition) is 4. The summed E-state index contributed by atoms with van der Waals surface area (Å²) in [5.41, 5.74) is 2.30. The predicted molar refractivity (Wildman–Crippen MR) is 123 cm³/mol. The number of aliphatic imine (C=N–C) groups is 1. The van der Waals surface area contributed by atoms with Crippen molar-refractivity contribution >= 4 is 23.6 Å². The molecular weight excluding hydrogens is 396 g/mol. The zero-order valence-electron chi connectivity index (χ0n) is 17.9. The standard InChI is InChI=1S/C23H30N4O2S/c1-24-23(27(2)15-17-7-11-21(30-3)12-8-17)25-14-18-5-4-6-20(13-18)29-16-22(28)26-19-9-10-19/h4-8,11-13,19H,9-10,14-16H2,1-3H3,(H,24,25)(H,26,28). The fraction of sp³-hybridized carbons (Fsp3) is 0.391. The maximum absolute atomic E-state index is 11.8. The topological polar surface area (TPSA) is 66.0 Å². The lowest BCUT2D eigenvalue weighted by atomic mass is 10.2. The zero-order chi connectivity index (χ0) is 21.3. The highest BCUT2D eigenvalue weighted by Crippen LogP contribution is 2.19. The minimum Gasteiger partial charge on any atom is -0.484 e. The molecule has 1 saturated carbocycles. The normalized spacial score (nSPS) is 13.6. The van der Waals surface area contributed by atoms with E-state index >= 15 is 0 Å². The van der Waals surface area contributed by atoms with Crippen LogP contribution < -0.4 is 15.4 Å². The van der Waals surface area contributed by atoms with E-state index in [-0.39, 0.29) is 12.5 Å². The first-order chi connectivity index (χ1) is 14.6. The van der Waals surface area contributed by atoms with Crippen molar-refractivity contribution in [1.29, 1.82) is 0 Å². The number of hydrogen-bond donors (Lipinski definition) is 2. The smallest absolute Gasteiger partial charge is 0.258 e. The van der Waals surface area contributed by atoms with Crippen LogP contribution in [0.3, 0.4) is 0 Å². The summed E-state index contributed by atoms with van der Waals surface area (Å²) in [7, 11) is 3.81. The van der Waals surface area contributed by atoms with Crippen molar-refractivity contribution < 1.29 is 9.53 Å². The van der Waals surface area contributed by atoms with E-state index in [1.54, 1.807) is 18.8 Å². The summed E-state index contributed by atoms with van der Waals surface area (Å²) >= 11 is 1.74. The van der Waals surface area contributed by atoms with Gasteiger partial charge in [-0.2, -0.15) is 0 Å². The number of ether oxygens (including phenoxy) is 1. The van der Waals surface area contributed by atoms with Crippen molar-refractivity contribution in [3.05, 3.63) is 59.7 Å². The van der Waals surface area contributed by atoms with E-state index in [4.69, 9.17) is 4.74 Å². The summed E-state index contributed by atoms with van der Waals surface area (Å²) < 4.78 is 5.63. The number of rotatable bonds is 9. The van der Waals surface area contributed by atoms with E-state index in [1.807, 2.05) is 31.3 Å². The minimum atomic E-state index is -0.0615. The molecule has 0 radical (unpaired) electrons. The number of amides is 1. The highest BCUT2D eigenvalue weighted by atomic mass is 32.2. The van der Waals surface area contributed by atoms with Crippen molar-refractivity contribution in [3.8, 4) is 5.75 Å². The highest BCUT2D eigenvalue weighted by Gasteiger charge is 2.23. The Balaban J connectivity index is 1.49. The SMILES string of the molecule is CN=C(NCc1cccc(OCC(=O)NC2CC2)c1)N(C)Cc1ccc(SC)cc1. The third-order valence-electron chi connectivity index (χ3n) is 4.81. The average molecular weight is 427 g/mol. The zero-order valence-corrected chi connectivity index (χ0v) is 18.7. The van der Waals surface area contributed by atoms with Gasteiger partial charge in [-0.1, -0.05) is 24.3 Å². The van der Waals surface area contributed by atoms with Gasteiger partial charge in [0, 0.05) is 38.1 Å². The van der Waals surface area contributed by atoms with Gasteiger partial charge in [-0.15, -0.1) is 11.8 Å². The van der Waals surface area contributed by atoms with Crippen LogP contribution in [0.25, 0.3) is 0 Å². The molecule has 30 heavy (non-hydrogen) atoms. The van der Waals surface area contributed by atoms with E-state index in [0.717, 1.165) is 30.9 Å². The Labute approximate surface area is 183 Å². The van der Waals surface area contributed by atoms with E-state index < -0.39 is 0 Å². The van der Waals surface area contributed by atoms with Crippen LogP contribution >= 0.6 is 11.8 Å². The van der Waals surface area contributed by atoms with Crippen LogP contribution in [0.15, 0.2) is 58.4 Å². The summed E-state index contributed by atoms with van der Waals surface area (Å²) in [6.45, 7) is 1.44. The summed E-state index contributed by atoms with van der Waals surface area (Å²) in [6.07, 6.45) is 4.23. The molecule has 2 aromatic carbocycles. The van der Waals surface area contributed by atoms with Gasteiger partial charge >= 0.3 is 0 Å². The molecule has 2 N–H and O–H groups in total. The molecule has 0 unspecified atom stereocenters. The number of thioether (sulfide) groups is 1. The molecule has 6 nitrogen and oxygen atoms in total. The van der Waals surface area contributed by atoms with Crippen LogP contribution in [0.5, 0.6) is 5.75 Å². The Bertz CT molecular complexity index is 866. The Morgan fingerprint density at radius 1 is 1.20 bits per heavy atom. The van der Waals surface area contributed by atoms with Crippen molar-refractivity contribution in [3.63, 3.8) is 0 Å². The second-order valence-corrected chi connectivity index (χ2v) is 8.26. The van der Waals surface area contributed by atoms with Gasteiger partial charge in [-0.3, -0.25) is 9.79 Å².